The zero-order valence-corrected chi connectivity index (χ0v) is 12.4. The number of hydrogen-bond donors (Lipinski definition) is 1. The Labute approximate surface area is 124 Å². The zero-order chi connectivity index (χ0) is 14.9. The molecule has 2 amide bonds. The third-order valence-corrected chi connectivity index (χ3v) is 4.58. The SMILES string of the molecule is CNC(=O)C1(n2cccn2)CCCN(C(=O)CC2CC2)C1. The molecule has 2 heterocycles. The summed E-state index contributed by atoms with van der Waals surface area (Å²) in [5.41, 5.74) is -0.768. The van der Waals surface area contributed by atoms with E-state index in [9.17, 15) is 9.59 Å². The lowest BCUT2D eigenvalue weighted by molar-refractivity contribution is -0.141. The highest BCUT2D eigenvalue weighted by atomic mass is 16.2. The van der Waals surface area contributed by atoms with Gasteiger partial charge in [0.25, 0.3) is 0 Å². The quantitative estimate of drug-likeness (QED) is 0.889. The van der Waals surface area contributed by atoms with Crippen LogP contribution in [0.4, 0.5) is 0 Å². The molecule has 0 radical (unpaired) electrons. The lowest BCUT2D eigenvalue weighted by Gasteiger charge is -2.41. The molecule has 1 aliphatic carbocycles. The van der Waals surface area contributed by atoms with Crippen molar-refractivity contribution in [2.75, 3.05) is 20.1 Å². The second kappa shape index (κ2) is 5.50. The van der Waals surface area contributed by atoms with Gasteiger partial charge in [0.2, 0.25) is 11.8 Å². The summed E-state index contributed by atoms with van der Waals surface area (Å²) >= 11 is 0. The Hall–Kier alpha value is -1.85. The topological polar surface area (TPSA) is 67.2 Å². The van der Waals surface area contributed by atoms with Crippen molar-refractivity contribution >= 4 is 11.8 Å². The predicted molar refractivity (Wildman–Crippen MR) is 77.4 cm³/mol. The first-order valence-electron chi connectivity index (χ1n) is 7.66. The van der Waals surface area contributed by atoms with Crippen molar-refractivity contribution in [2.45, 2.75) is 37.6 Å². The average molecular weight is 290 g/mol. The number of likely N-dealkylation sites (N-methyl/N-ethyl adjacent to an activating group) is 1. The van der Waals surface area contributed by atoms with Gasteiger partial charge in [-0.05, 0) is 37.7 Å². The van der Waals surface area contributed by atoms with E-state index in [2.05, 4.69) is 10.4 Å². The maximum atomic E-state index is 12.5. The van der Waals surface area contributed by atoms with Crippen molar-refractivity contribution in [1.82, 2.24) is 20.0 Å². The number of hydrogen-bond acceptors (Lipinski definition) is 3. The molecule has 6 nitrogen and oxygen atoms in total. The molecular weight excluding hydrogens is 268 g/mol. The molecule has 0 spiro atoms. The van der Waals surface area contributed by atoms with Crippen molar-refractivity contribution in [3.05, 3.63) is 18.5 Å². The molecule has 3 rings (SSSR count). The van der Waals surface area contributed by atoms with Crippen molar-refractivity contribution in [1.29, 1.82) is 0 Å². The summed E-state index contributed by atoms with van der Waals surface area (Å²) in [5, 5.41) is 7.00. The number of nitrogens with zero attached hydrogens (tertiary/aromatic N) is 3. The fraction of sp³-hybridized carbons (Fsp3) is 0.667. The molecule has 2 aliphatic rings. The third kappa shape index (κ3) is 2.66. The van der Waals surface area contributed by atoms with Crippen molar-refractivity contribution in [2.24, 2.45) is 5.92 Å². The molecule has 1 N–H and O–H groups in total. The van der Waals surface area contributed by atoms with E-state index in [4.69, 9.17) is 0 Å². The highest BCUT2D eigenvalue weighted by Gasteiger charge is 2.45. The van der Waals surface area contributed by atoms with Gasteiger partial charge >= 0.3 is 0 Å². The van der Waals surface area contributed by atoms with Crippen molar-refractivity contribution < 1.29 is 9.59 Å². The summed E-state index contributed by atoms with van der Waals surface area (Å²) in [6.45, 7) is 1.16. The first-order valence-corrected chi connectivity index (χ1v) is 7.66. The van der Waals surface area contributed by atoms with Gasteiger partial charge in [-0.3, -0.25) is 14.3 Å². The Morgan fingerprint density at radius 3 is 2.86 bits per heavy atom. The fourth-order valence-electron chi connectivity index (χ4n) is 3.18. The number of likely N-dealkylation sites (tertiary alicyclic amines) is 1. The Morgan fingerprint density at radius 1 is 1.43 bits per heavy atom. The number of piperidine rings is 1. The van der Waals surface area contributed by atoms with Crippen LogP contribution < -0.4 is 5.32 Å². The minimum atomic E-state index is -0.768. The number of carbonyl (C=O) groups excluding carboxylic acids is 2. The largest absolute Gasteiger partial charge is 0.357 e. The molecule has 114 valence electrons. The van der Waals surface area contributed by atoms with Gasteiger partial charge in [0.15, 0.2) is 5.54 Å². The van der Waals surface area contributed by atoms with Crippen LogP contribution in [-0.4, -0.2) is 46.6 Å². The van der Waals surface area contributed by atoms with Crippen LogP contribution in [0.1, 0.15) is 32.1 Å². The molecule has 1 aliphatic heterocycles. The van der Waals surface area contributed by atoms with E-state index >= 15 is 0 Å². The molecule has 21 heavy (non-hydrogen) atoms. The maximum Gasteiger partial charge on any atom is 0.249 e. The average Bonchev–Trinajstić information content (AvgIpc) is 3.15. The van der Waals surface area contributed by atoms with E-state index in [-0.39, 0.29) is 11.8 Å². The predicted octanol–water partition coefficient (Wildman–Crippen LogP) is 0.747. The molecule has 0 aromatic carbocycles. The summed E-state index contributed by atoms with van der Waals surface area (Å²) in [6, 6.07) is 1.82. The smallest absolute Gasteiger partial charge is 0.249 e. The second-order valence-electron chi connectivity index (χ2n) is 6.13. The number of rotatable bonds is 4. The van der Waals surface area contributed by atoms with Crippen LogP contribution in [0.25, 0.3) is 0 Å². The van der Waals surface area contributed by atoms with Gasteiger partial charge in [-0.15, -0.1) is 0 Å². The van der Waals surface area contributed by atoms with Crippen molar-refractivity contribution in [3.63, 3.8) is 0 Å². The van der Waals surface area contributed by atoms with Crippen LogP contribution in [0.5, 0.6) is 0 Å². The Morgan fingerprint density at radius 2 is 2.24 bits per heavy atom. The number of amides is 2. The van der Waals surface area contributed by atoms with Crippen LogP contribution in [0.2, 0.25) is 0 Å². The molecule has 1 atom stereocenters. The van der Waals surface area contributed by atoms with Gasteiger partial charge in [0.05, 0.1) is 6.54 Å². The highest BCUT2D eigenvalue weighted by molar-refractivity contribution is 5.86. The molecular formula is C15H22N4O2. The van der Waals surface area contributed by atoms with Crippen LogP contribution in [0.3, 0.4) is 0 Å². The number of carbonyl (C=O) groups is 2. The summed E-state index contributed by atoms with van der Waals surface area (Å²) in [5.74, 6) is 0.672. The fourth-order valence-corrected chi connectivity index (χ4v) is 3.18. The first kappa shape index (κ1) is 14.1. The van der Waals surface area contributed by atoms with E-state index in [0.717, 1.165) is 13.0 Å². The summed E-state index contributed by atoms with van der Waals surface area (Å²) in [4.78, 5) is 26.7. The monoisotopic (exact) mass is 290 g/mol. The van der Waals surface area contributed by atoms with Gasteiger partial charge < -0.3 is 10.2 Å². The normalized spacial score (nSPS) is 25.7. The number of aromatic nitrogens is 2. The van der Waals surface area contributed by atoms with E-state index in [0.29, 0.717) is 25.3 Å². The summed E-state index contributed by atoms with van der Waals surface area (Å²) < 4.78 is 1.71. The van der Waals surface area contributed by atoms with Gasteiger partial charge in [-0.25, -0.2) is 0 Å². The van der Waals surface area contributed by atoms with Crippen LogP contribution >= 0.6 is 0 Å². The second-order valence-corrected chi connectivity index (χ2v) is 6.13. The van der Waals surface area contributed by atoms with E-state index < -0.39 is 5.54 Å². The van der Waals surface area contributed by atoms with Crippen molar-refractivity contribution in [3.8, 4) is 0 Å². The van der Waals surface area contributed by atoms with Gasteiger partial charge in [-0.2, -0.15) is 5.10 Å². The standard InChI is InChI=1S/C15H22N4O2/c1-16-14(21)15(19-9-3-7-17-19)6-2-8-18(11-15)13(20)10-12-4-5-12/h3,7,9,12H,2,4-6,8,10-11H2,1H3,(H,16,21). The molecule has 1 unspecified atom stereocenters. The molecule has 1 aromatic rings. The summed E-state index contributed by atoms with van der Waals surface area (Å²) in [7, 11) is 1.64. The molecule has 2 fully saturated rings. The number of nitrogens with one attached hydrogen (secondary N) is 1. The third-order valence-electron chi connectivity index (χ3n) is 4.58. The minimum absolute atomic E-state index is 0.0740. The lowest BCUT2D eigenvalue weighted by Crippen LogP contribution is -2.59. The molecule has 1 saturated carbocycles. The molecule has 6 heteroatoms. The lowest BCUT2D eigenvalue weighted by atomic mass is 9.87. The van der Waals surface area contributed by atoms with Gasteiger partial charge in [-0.1, -0.05) is 0 Å². The Kier molecular flexibility index (Phi) is 3.69. The Bertz CT molecular complexity index is 524. The van der Waals surface area contributed by atoms with E-state index in [1.807, 2.05) is 17.2 Å². The maximum absolute atomic E-state index is 12.5. The molecule has 1 saturated heterocycles. The first-order chi connectivity index (χ1) is 10.2. The van der Waals surface area contributed by atoms with Crippen LogP contribution in [0.15, 0.2) is 18.5 Å². The van der Waals surface area contributed by atoms with Gasteiger partial charge in [0, 0.05) is 32.4 Å². The zero-order valence-electron chi connectivity index (χ0n) is 12.4. The molecule has 1 aromatic heterocycles. The summed E-state index contributed by atoms with van der Waals surface area (Å²) in [6.07, 6.45) is 7.98. The molecule has 0 bridgehead atoms. The highest BCUT2D eigenvalue weighted by Crippen LogP contribution is 2.34. The minimum Gasteiger partial charge on any atom is -0.357 e. The van der Waals surface area contributed by atoms with E-state index in [1.54, 1.807) is 17.9 Å². The van der Waals surface area contributed by atoms with Crippen LogP contribution in [-0.2, 0) is 15.1 Å². The van der Waals surface area contributed by atoms with Crippen LogP contribution in [0, 0.1) is 5.92 Å². The Balaban J connectivity index is 1.82. The van der Waals surface area contributed by atoms with Gasteiger partial charge in [0.1, 0.15) is 0 Å². The van der Waals surface area contributed by atoms with E-state index in [1.165, 1.54) is 12.8 Å².